The Labute approximate surface area is 169 Å². The molecule has 1 aromatic heterocycles. The van der Waals surface area contributed by atoms with E-state index in [4.69, 9.17) is 20.9 Å². The van der Waals surface area contributed by atoms with Gasteiger partial charge in [0.25, 0.3) is 5.91 Å². The van der Waals surface area contributed by atoms with Gasteiger partial charge in [-0.2, -0.15) is 0 Å². The minimum atomic E-state index is -0.252. The van der Waals surface area contributed by atoms with E-state index in [9.17, 15) is 4.79 Å². The first kappa shape index (κ1) is 20.1. The first-order chi connectivity index (χ1) is 13.6. The Morgan fingerprint density at radius 1 is 1.14 bits per heavy atom. The summed E-state index contributed by atoms with van der Waals surface area (Å²) in [5.74, 6) is 0.199. The third-order valence-electron chi connectivity index (χ3n) is 4.38. The number of carbonyl (C=O) groups excluding carboxylic acids is 1. The molecule has 3 aromatic rings. The monoisotopic (exact) mass is 398 g/mol. The van der Waals surface area contributed by atoms with Gasteiger partial charge in [0.2, 0.25) is 0 Å². The van der Waals surface area contributed by atoms with Gasteiger partial charge in [0.15, 0.2) is 0 Å². The van der Waals surface area contributed by atoms with Crippen molar-refractivity contribution in [3.05, 3.63) is 76.0 Å². The van der Waals surface area contributed by atoms with Crippen LogP contribution in [0.1, 0.15) is 40.6 Å². The lowest BCUT2D eigenvalue weighted by Crippen LogP contribution is -2.24. The minimum absolute atomic E-state index is 0.252. The van der Waals surface area contributed by atoms with Crippen molar-refractivity contribution < 1.29 is 14.1 Å². The Morgan fingerprint density at radius 3 is 2.61 bits per heavy atom. The van der Waals surface area contributed by atoms with Gasteiger partial charge in [0.05, 0.1) is 11.6 Å². The van der Waals surface area contributed by atoms with Gasteiger partial charge in [-0.3, -0.25) is 4.79 Å². The van der Waals surface area contributed by atoms with Gasteiger partial charge in [-0.05, 0) is 30.5 Å². The van der Waals surface area contributed by atoms with E-state index in [1.807, 2.05) is 42.5 Å². The molecule has 1 N–H and O–H groups in total. The largest absolute Gasteiger partial charge is 0.377 e. The fourth-order valence-corrected chi connectivity index (χ4v) is 3.16. The van der Waals surface area contributed by atoms with Crippen molar-refractivity contribution in [2.75, 3.05) is 6.61 Å². The molecule has 6 heteroatoms. The van der Waals surface area contributed by atoms with Gasteiger partial charge in [-0.1, -0.05) is 66.1 Å². The molecule has 0 spiro atoms. The summed E-state index contributed by atoms with van der Waals surface area (Å²) in [5, 5.41) is 7.53. The molecule has 0 fully saturated rings. The predicted molar refractivity (Wildman–Crippen MR) is 109 cm³/mol. The molecule has 0 aliphatic carbocycles. The summed E-state index contributed by atoms with van der Waals surface area (Å²) in [6.07, 6.45) is 0.969. The number of halogens is 1. The molecule has 1 heterocycles. The highest BCUT2D eigenvalue weighted by molar-refractivity contribution is 6.33. The highest BCUT2D eigenvalue weighted by Gasteiger charge is 2.23. The minimum Gasteiger partial charge on any atom is -0.377 e. The maximum Gasteiger partial charge on any atom is 0.257 e. The highest BCUT2D eigenvalue weighted by Crippen LogP contribution is 2.31. The van der Waals surface area contributed by atoms with E-state index in [2.05, 4.69) is 17.4 Å². The molecule has 0 saturated heterocycles. The van der Waals surface area contributed by atoms with Gasteiger partial charge in [-0.15, -0.1) is 0 Å². The Balaban J connectivity index is 1.77. The summed E-state index contributed by atoms with van der Waals surface area (Å²) in [7, 11) is 0. The Kier molecular flexibility index (Phi) is 6.85. The molecule has 0 saturated carbocycles. The fourth-order valence-electron chi connectivity index (χ4n) is 2.94. The van der Waals surface area contributed by atoms with E-state index in [-0.39, 0.29) is 5.91 Å². The fraction of sp³-hybridized carbons (Fsp3) is 0.273. The quantitative estimate of drug-likeness (QED) is 0.532. The smallest absolute Gasteiger partial charge is 0.257 e. The molecule has 146 valence electrons. The number of hydrogen-bond donors (Lipinski definition) is 1. The lowest BCUT2D eigenvalue weighted by molar-refractivity contribution is 0.0948. The van der Waals surface area contributed by atoms with Crippen LogP contribution in [0.4, 0.5) is 0 Å². The molecule has 0 aliphatic heterocycles. The van der Waals surface area contributed by atoms with Crippen molar-refractivity contribution >= 4 is 17.5 Å². The zero-order chi connectivity index (χ0) is 19.9. The molecule has 0 aliphatic rings. The number of carbonyl (C=O) groups is 1. The Hall–Kier alpha value is -2.63. The van der Waals surface area contributed by atoms with Crippen LogP contribution in [-0.4, -0.2) is 17.7 Å². The van der Waals surface area contributed by atoms with Crippen LogP contribution in [0.3, 0.4) is 0 Å². The molecular weight excluding hydrogens is 376 g/mol. The second-order valence-corrected chi connectivity index (χ2v) is 6.85. The zero-order valence-corrected chi connectivity index (χ0v) is 16.8. The molecule has 5 nitrogen and oxygen atoms in total. The van der Waals surface area contributed by atoms with E-state index in [0.29, 0.717) is 47.4 Å². The number of rotatable bonds is 8. The first-order valence-corrected chi connectivity index (χ1v) is 9.63. The summed E-state index contributed by atoms with van der Waals surface area (Å²) in [6.45, 7) is 5.41. The number of nitrogens with zero attached hydrogens (tertiary/aromatic N) is 1. The van der Waals surface area contributed by atoms with Gasteiger partial charge < -0.3 is 14.6 Å². The maximum absolute atomic E-state index is 12.9. The second kappa shape index (κ2) is 9.53. The molecule has 0 atom stereocenters. The van der Waals surface area contributed by atoms with Crippen LogP contribution in [-0.2, 0) is 17.9 Å². The summed E-state index contributed by atoms with van der Waals surface area (Å²) < 4.78 is 10.9. The third-order valence-corrected chi connectivity index (χ3v) is 4.71. The van der Waals surface area contributed by atoms with E-state index < -0.39 is 0 Å². The second-order valence-electron chi connectivity index (χ2n) is 6.45. The van der Waals surface area contributed by atoms with Gasteiger partial charge >= 0.3 is 0 Å². The molecular formula is C22H23ClN2O3. The van der Waals surface area contributed by atoms with Crippen molar-refractivity contribution in [2.45, 2.75) is 33.4 Å². The number of aryl methyl sites for hydroxylation is 1. The Morgan fingerprint density at radius 2 is 1.86 bits per heavy atom. The van der Waals surface area contributed by atoms with E-state index in [1.165, 1.54) is 0 Å². The summed E-state index contributed by atoms with van der Waals surface area (Å²) >= 11 is 6.27. The van der Waals surface area contributed by atoms with Gasteiger partial charge in [0.1, 0.15) is 17.0 Å². The number of ether oxygens (including phenoxy) is 1. The normalized spacial score (nSPS) is 10.8. The van der Waals surface area contributed by atoms with E-state index in [1.54, 1.807) is 13.0 Å². The van der Waals surface area contributed by atoms with Crippen molar-refractivity contribution in [2.24, 2.45) is 0 Å². The molecule has 2 aromatic carbocycles. The lowest BCUT2D eigenvalue weighted by atomic mass is 10.0. The van der Waals surface area contributed by atoms with Crippen LogP contribution in [0.2, 0.25) is 5.02 Å². The van der Waals surface area contributed by atoms with Gasteiger partial charge in [-0.25, -0.2) is 0 Å². The van der Waals surface area contributed by atoms with Crippen LogP contribution in [0.5, 0.6) is 0 Å². The topological polar surface area (TPSA) is 64.4 Å². The molecule has 1 amide bonds. The summed E-state index contributed by atoms with van der Waals surface area (Å²) in [6, 6.07) is 15.2. The standard InChI is InChI=1S/C22H23ClN2O3/c1-3-12-27-14-17-9-5-4-8-16(17)13-24-22(26)20-15(2)28-25-21(20)18-10-6-7-11-19(18)23/h4-11H,3,12-14H2,1-2H3,(H,24,26). The van der Waals surface area contributed by atoms with Crippen LogP contribution < -0.4 is 5.32 Å². The number of amides is 1. The first-order valence-electron chi connectivity index (χ1n) is 9.25. The van der Waals surface area contributed by atoms with Crippen molar-refractivity contribution in [3.63, 3.8) is 0 Å². The highest BCUT2D eigenvalue weighted by atomic mass is 35.5. The van der Waals surface area contributed by atoms with Gasteiger partial charge in [0, 0.05) is 18.7 Å². The molecule has 0 unspecified atom stereocenters. The predicted octanol–water partition coefficient (Wildman–Crippen LogP) is 5.16. The van der Waals surface area contributed by atoms with E-state index in [0.717, 1.165) is 17.5 Å². The van der Waals surface area contributed by atoms with Crippen LogP contribution in [0, 0.1) is 6.92 Å². The van der Waals surface area contributed by atoms with E-state index >= 15 is 0 Å². The van der Waals surface area contributed by atoms with Crippen LogP contribution in [0.15, 0.2) is 53.1 Å². The third kappa shape index (κ3) is 4.61. The van der Waals surface area contributed by atoms with Crippen LogP contribution in [0.25, 0.3) is 11.3 Å². The number of nitrogens with one attached hydrogen (secondary N) is 1. The Bertz CT molecular complexity index is 952. The number of hydrogen-bond acceptors (Lipinski definition) is 4. The maximum atomic E-state index is 12.9. The van der Waals surface area contributed by atoms with Crippen molar-refractivity contribution in [1.29, 1.82) is 0 Å². The van der Waals surface area contributed by atoms with Crippen molar-refractivity contribution in [3.8, 4) is 11.3 Å². The lowest BCUT2D eigenvalue weighted by Gasteiger charge is -2.11. The average molecular weight is 399 g/mol. The summed E-state index contributed by atoms with van der Waals surface area (Å²) in [5.41, 5.74) is 3.58. The number of aromatic nitrogens is 1. The molecule has 28 heavy (non-hydrogen) atoms. The SMILES string of the molecule is CCCOCc1ccccc1CNC(=O)c1c(-c2ccccc2Cl)noc1C. The summed E-state index contributed by atoms with van der Waals surface area (Å²) in [4.78, 5) is 12.9. The van der Waals surface area contributed by atoms with Crippen LogP contribution >= 0.6 is 11.6 Å². The molecule has 0 bridgehead atoms. The molecule has 0 radical (unpaired) electrons. The zero-order valence-electron chi connectivity index (χ0n) is 16.0. The molecule has 3 rings (SSSR count). The average Bonchev–Trinajstić information content (AvgIpc) is 3.09. The number of benzene rings is 2. The van der Waals surface area contributed by atoms with Crippen molar-refractivity contribution in [1.82, 2.24) is 10.5 Å².